The van der Waals surface area contributed by atoms with Gasteiger partial charge in [0.05, 0.1) is 0 Å². The maximum atomic E-state index is 11.0. The Morgan fingerprint density at radius 2 is 1.91 bits per heavy atom. The number of pyridine rings is 1. The molecule has 0 N–H and O–H groups in total. The molecule has 0 aliphatic carbocycles. The monoisotopic (exact) mass is 330 g/mol. The predicted octanol–water partition coefficient (Wildman–Crippen LogP) is 3.90. The first-order chi connectivity index (χ1) is 11.2. The fourth-order valence-corrected chi connectivity index (χ4v) is 3.05. The molecule has 0 unspecified atom stereocenters. The van der Waals surface area contributed by atoms with Gasteiger partial charge in [0.15, 0.2) is 6.29 Å². The van der Waals surface area contributed by atoms with Crippen molar-refractivity contribution in [2.75, 3.05) is 18.0 Å². The summed E-state index contributed by atoms with van der Waals surface area (Å²) in [5.74, 6) is 0.858. The lowest BCUT2D eigenvalue weighted by molar-refractivity contribution is 0.111. The first-order valence-electron chi connectivity index (χ1n) is 7.75. The first kappa shape index (κ1) is 15.8. The number of benzene rings is 1. The number of nitrogens with zero attached hydrogens (tertiary/aromatic N) is 2. The summed E-state index contributed by atoms with van der Waals surface area (Å²) < 4.78 is 6.02. The SMILES string of the molecule is Cc1c(N2CCC(Oc3ccc(Cl)cc3)CC2)ccnc1C=O. The van der Waals surface area contributed by atoms with Crippen molar-refractivity contribution >= 4 is 23.6 Å². The number of carbonyl (C=O) groups is 1. The van der Waals surface area contributed by atoms with Crippen LogP contribution in [0.3, 0.4) is 0 Å². The molecule has 0 radical (unpaired) electrons. The number of hydrogen-bond donors (Lipinski definition) is 0. The summed E-state index contributed by atoms with van der Waals surface area (Å²) in [6.07, 6.45) is 4.61. The molecule has 1 aliphatic heterocycles. The minimum absolute atomic E-state index is 0.208. The molecule has 4 nitrogen and oxygen atoms in total. The van der Waals surface area contributed by atoms with Gasteiger partial charge in [-0.2, -0.15) is 0 Å². The smallest absolute Gasteiger partial charge is 0.168 e. The van der Waals surface area contributed by atoms with E-state index in [1.54, 1.807) is 6.20 Å². The summed E-state index contributed by atoms with van der Waals surface area (Å²) in [4.78, 5) is 17.4. The van der Waals surface area contributed by atoms with Crippen LogP contribution in [0, 0.1) is 6.92 Å². The van der Waals surface area contributed by atoms with E-state index >= 15 is 0 Å². The molecule has 0 spiro atoms. The summed E-state index contributed by atoms with van der Waals surface area (Å²) in [6.45, 7) is 3.76. The molecular weight excluding hydrogens is 312 g/mol. The summed E-state index contributed by atoms with van der Waals surface area (Å²) in [6, 6.07) is 9.46. The van der Waals surface area contributed by atoms with Crippen molar-refractivity contribution in [2.24, 2.45) is 0 Å². The Morgan fingerprint density at radius 1 is 1.22 bits per heavy atom. The lowest BCUT2D eigenvalue weighted by Crippen LogP contribution is -2.38. The van der Waals surface area contributed by atoms with Gasteiger partial charge < -0.3 is 9.64 Å². The average Bonchev–Trinajstić information content (AvgIpc) is 2.58. The molecule has 0 atom stereocenters. The van der Waals surface area contributed by atoms with Gasteiger partial charge in [0.2, 0.25) is 0 Å². The van der Waals surface area contributed by atoms with Crippen LogP contribution in [0.4, 0.5) is 5.69 Å². The summed E-state index contributed by atoms with van der Waals surface area (Å²) in [5, 5.41) is 0.714. The Morgan fingerprint density at radius 3 is 2.57 bits per heavy atom. The van der Waals surface area contributed by atoms with Gasteiger partial charge in [0.1, 0.15) is 17.5 Å². The fourth-order valence-electron chi connectivity index (χ4n) is 2.92. The zero-order valence-electron chi connectivity index (χ0n) is 13.0. The van der Waals surface area contributed by atoms with E-state index in [0.29, 0.717) is 10.7 Å². The molecule has 1 aromatic carbocycles. The quantitative estimate of drug-likeness (QED) is 0.797. The topological polar surface area (TPSA) is 42.4 Å². The zero-order chi connectivity index (χ0) is 16.2. The largest absolute Gasteiger partial charge is 0.490 e. The number of rotatable bonds is 4. The van der Waals surface area contributed by atoms with Crippen LogP contribution in [0.25, 0.3) is 0 Å². The third-order valence-electron chi connectivity index (χ3n) is 4.23. The van der Waals surface area contributed by atoms with Crippen molar-refractivity contribution in [3.63, 3.8) is 0 Å². The maximum Gasteiger partial charge on any atom is 0.168 e. The molecule has 1 aromatic heterocycles. The van der Waals surface area contributed by atoms with Gasteiger partial charge in [-0.15, -0.1) is 0 Å². The van der Waals surface area contributed by atoms with Gasteiger partial charge >= 0.3 is 0 Å². The van der Waals surface area contributed by atoms with Crippen LogP contribution in [-0.4, -0.2) is 30.5 Å². The van der Waals surface area contributed by atoms with Crippen molar-refractivity contribution < 1.29 is 9.53 Å². The van der Waals surface area contributed by atoms with E-state index < -0.39 is 0 Å². The van der Waals surface area contributed by atoms with Crippen LogP contribution in [0.15, 0.2) is 36.5 Å². The molecule has 2 aromatic rings. The van der Waals surface area contributed by atoms with Crippen molar-refractivity contribution in [1.82, 2.24) is 4.98 Å². The minimum Gasteiger partial charge on any atom is -0.490 e. The van der Waals surface area contributed by atoms with Crippen molar-refractivity contribution in [3.05, 3.63) is 52.8 Å². The molecule has 1 aliphatic rings. The molecule has 3 rings (SSSR count). The highest BCUT2D eigenvalue weighted by atomic mass is 35.5. The van der Waals surface area contributed by atoms with Gasteiger partial charge in [-0.3, -0.25) is 9.78 Å². The van der Waals surface area contributed by atoms with E-state index in [1.165, 1.54) is 0 Å². The molecule has 120 valence electrons. The van der Waals surface area contributed by atoms with Crippen molar-refractivity contribution in [1.29, 1.82) is 0 Å². The number of ether oxygens (including phenoxy) is 1. The Labute approximate surface area is 141 Å². The third kappa shape index (κ3) is 3.64. The fraction of sp³-hybridized carbons (Fsp3) is 0.333. The van der Waals surface area contributed by atoms with Gasteiger partial charge in [0, 0.05) is 48.4 Å². The van der Waals surface area contributed by atoms with Gasteiger partial charge in [-0.1, -0.05) is 11.6 Å². The van der Waals surface area contributed by atoms with Crippen LogP contribution < -0.4 is 9.64 Å². The summed E-state index contributed by atoms with van der Waals surface area (Å²) in [7, 11) is 0. The van der Waals surface area contributed by atoms with Crippen LogP contribution >= 0.6 is 11.6 Å². The molecule has 2 heterocycles. The first-order valence-corrected chi connectivity index (χ1v) is 8.13. The second-order valence-corrected chi connectivity index (χ2v) is 6.15. The van der Waals surface area contributed by atoms with E-state index in [-0.39, 0.29) is 6.10 Å². The molecule has 0 saturated carbocycles. The number of aromatic nitrogens is 1. The normalized spacial score (nSPS) is 15.5. The molecule has 0 amide bonds. The number of halogens is 1. The predicted molar refractivity (Wildman–Crippen MR) is 91.7 cm³/mol. The molecule has 1 saturated heterocycles. The van der Waals surface area contributed by atoms with E-state index in [2.05, 4.69) is 9.88 Å². The summed E-state index contributed by atoms with van der Waals surface area (Å²) in [5.41, 5.74) is 2.55. The lowest BCUT2D eigenvalue weighted by Gasteiger charge is -2.34. The van der Waals surface area contributed by atoms with E-state index in [1.807, 2.05) is 37.3 Å². The Hall–Kier alpha value is -2.07. The standard InChI is InChI=1S/C18H19ClN2O2/c1-13-17(12-22)20-9-6-18(13)21-10-7-16(8-11-21)23-15-4-2-14(19)3-5-15/h2-6,9,12,16H,7-8,10-11H2,1H3. The van der Waals surface area contributed by atoms with Gasteiger partial charge in [0.25, 0.3) is 0 Å². The number of hydrogen-bond acceptors (Lipinski definition) is 4. The lowest BCUT2D eigenvalue weighted by atomic mass is 10.0. The van der Waals surface area contributed by atoms with E-state index in [0.717, 1.165) is 49.2 Å². The van der Waals surface area contributed by atoms with Gasteiger partial charge in [-0.05, 0) is 37.3 Å². The highest BCUT2D eigenvalue weighted by Crippen LogP contribution is 2.26. The van der Waals surface area contributed by atoms with E-state index in [4.69, 9.17) is 16.3 Å². The van der Waals surface area contributed by atoms with Crippen molar-refractivity contribution in [3.8, 4) is 5.75 Å². The second-order valence-electron chi connectivity index (χ2n) is 5.72. The molecule has 0 bridgehead atoms. The van der Waals surface area contributed by atoms with Gasteiger partial charge in [-0.25, -0.2) is 0 Å². The minimum atomic E-state index is 0.208. The number of piperidine rings is 1. The highest BCUT2D eigenvalue weighted by Gasteiger charge is 2.22. The second kappa shape index (κ2) is 7.01. The molecule has 23 heavy (non-hydrogen) atoms. The zero-order valence-corrected chi connectivity index (χ0v) is 13.8. The molecule has 5 heteroatoms. The average molecular weight is 331 g/mol. The summed E-state index contributed by atoms with van der Waals surface area (Å²) >= 11 is 5.89. The van der Waals surface area contributed by atoms with Crippen LogP contribution in [0.1, 0.15) is 28.9 Å². The molecule has 1 fully saturated rings. The van der Waals surface area contributed by atoms with Crippen LogP contribution in [-0.2, 0) is 0 Å². The van der Waals surface area contributed by atoms with Crippen molar-refractivity contribution in [2.45, 2.75) is 25.9 Å². The highest BCUT2D eigenvalue weighted by molar-refractivity contribution is 6.30. The van der Waals surface area contributed by atoms with Crippen LogP contribution in [0.2, 0.25) is 5.02 Å². The molecular formula is C18H19ClN2O2. The number of aldehydes is 1. The third-order valence-corrected chi connectivity index (χ3v) is 4.48. The number of anilines is 1. The Balaban J connectivity index is 1.62. The van der Waals surface area contributed by atoms with Crippen LogP contribution in [0.5, 0.6) is 5.75 Å². The maximum absolute atomic E-state index is 11.0. The Bertz CT molecular complexity index is 680. The number of carbonyl (C=O) groups excluding carboxylic acids is 1. The van der Waals surface area contributed by atoms with E-state index in [9.17, 15) is 4.79 Å². The Kier molecular flexibility index (Phi) is 4.82.